The second kappa shape index (κ2) is 4.87. The Morgan fingerprint density at radius 1 is 1.50 bits per heavy atom. The first-order valence-electron chi connectivity index (χ1n) is 5.60. The third-order valence-electron chi connectivity index (χ3n) is 3.16. The molecule has 0 aliphatic carbocycles. The topological polar surface area (TPSA) is 55.1 Å². The van der Waals surface area contributed by atoms with E-state index in [2.05, 4.69) is 26.1 Å². The molecule has 0 saturated carbocycles. The van der Waals surface area contributed by atoms with E-state index in [4.69, 9.17) is 5.73 Å². The van der Waals surface area contributed by atoms with Crippen molar-refractivity contribution in [3.63, 3.8) is 0 Å². The first-order chi connectivity index (χ1) is 7.41. The van der Waals surface area contributed by atoms with Gasteiger partial charge in [-0.15, -0.1) is 11.3 Å². The molecule has 1 heterocycles. The molecule has 16 heavy (non-hydrogen) atoms. The van der Waals surface area contributed by atoms with Gasteiger partial charge in [-0.1, -0.05) is 13.8 Å². The van der Waals surface area contributed by atoms with Crippen LogP contribution in [0.25, 0.3) is 0 Å². The molecule has 4 heteroatoms. The number of nitrogens with two attached hydrogens (primary N) is 1. The highest BCUT2D eigenvalue weighted by molar-refractivity contribution is 7.14. The number of aryl methyl sites for hydroxylation is 1. The van der Waals surface area contributed by atoms with Crippen LogP contribution in [0, 0.1) is 6.92 Å². The molecular formula is C12H20N2OS. The summed E-state index contributed by atoms with van der Waals surface area (Å²) in [6.07, 6.45) is 1.85. The Kier molecular flexibility index (Phi) is 3.97. The summed E-state index contributed by atoms with van der Waals surface area (Å²) in [7, 11) is 0. The van der Waals surface area contributed by atoms with Gasteiger partial charge in [0.05, 0.1) is 4.88 Å². The van der Waals surface area contributed by atoms with Crippen molar-refractivity contribution in [2.45, 2.75) is 46.1 Å². The fraction of sp³-hybridized carbons (Fsp3) is 0.583. The number of thiophene rings is 1. The van der Waals surface area contributed by atoms with Crippen LogP contribution in [0.15, 0.2) is 6.07 Å². The standard InChI is InChI=1S/C12H20N2OS/c1-5-12(4,6-2)14-11(15)10-7-9(13)8(3)16-10/h7H,5-6,13H2,1-4H3,(H,14,15). The first-order valence-corrected chi connectivity index (χ1v) is 6.42. The molecule has 90 valence electrons. The third kappa shape index (κ3) is 2.76. The maximum atomic E-state index is 12.0. The highest BCUT2D eigenvalue weighted by Gasteiger charge is 2.23. The number of carbonyl (C=O) groups excluding carboxylic acids is 1. The van der Waals surface area contributed by atoms with Gasteiger partial charge in [-0.2, -0.15) is 0 Å². The highest BCUT2D eigenvalue weighted by Crippen LogP contribution is 2.24. The van der Waals surface area contributed by atoms with Crippen LogP contribution in [-0.2, 0) is 0 Å². The van der Waals surface area contributed by atoms with Gasteiger partial charge in [-0.05, 0) is 32.8 Å². The van der Waals surface area contributed by atoms with Crippen molar-refractivity contribution in [1.82, 2.24) is 5.32 Å². The minimum absolute atomic E-state index is 0.0176. The average Bonchev–Trinajstić information content (AvgIpc) is 2.59. The van der Waals surface area contributed by atoms with E-state index in [0.717, 1.165) is 17.7 Å². The molecule has 1 aromatic rings. The van der Waals surface area contributed by atoms with Crippen molar-refractivity contribution in [1.29, 1.82) is 0 Å². The lowest BCUT2D eigenvalue weighted by molar-refractivity contribution is 0.0905. The monoisotopic (exact) mass is 240 g/mol. The van der Waals surface area contributed by atoms with Crippen LogP contribution in [0.1, 0.15) is 48.2 Å². The summed E-state index contributed by atoms with van der Waals surface area (Å²) in [5, 5.41) is 3.07. The van der Waals surface area contributed by atoms with Crippen LogP contribution >= 0.6 is 11.3 Å². The van der Waals surface area contributed by atoms with Gasteiger partial charge in [0.25, 0.3) is 5.91 Å². The number of nitrogen functional groups attached to an aromatic ring is 1. The maximum Gasteiger partial charge on any atom is 0.261 e. The molecule has 0 bridgehead atoms. The molecule has 3 nitrogen and oxygen atoms in total. The van der Waals surface area contributed by atoms with Crippen LogP contribution in [0.2, 0.25) is 0 Å². The van der Waals surface area contributed by atoms with E-state index in [9.17, 15) is 4.79 Å². The number of hydrogen-bond acceptors (Lipinski definition) is 3. The van der Waals surface area contributed by atoms with Crippen LogP contribution in [0.3, 0.4) is 0 Å². The van der Waals surface area contributed by atoms with E-state index >= 15 is 0 Å². The highest BCUT2D eigenvalue weighted by atomic mass is 32.1. The summed E-state index contributed by atoms with van der Waals surface area (Å²) in [5.41, 5.74) is 6.32. The van der Waals surface area contributed by atoms with Crippen molar-refractivity contribution < 1.29 is 4.79 Å². The normalized spacial score (nSPS) is 11.5. The summed E-state index contributed by atoms with van der Waals surface area (Å²) < 4.78 is 0. The van der Waals surface area contributed by atoms with E-state index < -0.39 is 0 Å². The number of amides is 1. The SMILES string of the molecule is CCC(C)(CC)NC(=O)c1cc(N)c(C)s1. The smallest absolute Gasteiger partial charge is 0.261 e. The minimum atomic E-state index is -0.121. The molecule has 3 N–H and O–H groups in total. The number of rotatable bonds is 4. The first kappa shape index (κ1) is 13.0. The van der Waals surface area contributed by atoms with Crippen molar-refractivity contribution >= 4 is 22.9 Å². The second-order valence-electron chi connectivity index (χ2n) is 4.34. The van der Waals surface area contributed by atoms with E-state index in [1.54, 1.807) is 6.07 Å². The molecule has 0 spiro atoms. The van der Waals surface area contributed by atoms with Gasteiger partial charge in [0.2, 0.25) is 0 Å². The zero-order chi connectivity index (χ0) is 12.3. The number of carbonyl (C=O) groups is 1. The Balaban J connectivity index is 2.80. The molecule has 0 aromatic carbocycles. The second-order valence-corrected chi connectivity index (χ2v) is 5.60. The zero-order valence-corrected chi connectivity index (χ0v) is 11.2. The Morgan fingerprint density at radius 3 is 2.44 bits per heavy atom. The van der Waals surface area contributed by atoms with E-state index in [0.29, 0.717) is 10.6 Å². The Bertz CT molecular complexity index is 361. The van der Waals surface area contributed by atoms with Crippen molar-refractivity contribution in [3.8, 4) is 0 Å². The Hall–Kier alpha value is -1.03. The number of nitrogens with one attached hydrogen (secondary N) is 1. The minimum Gasteiger partial charge on any atom is -0.398 e. The fourth-order valence-corrected chi connectivity index (χ4v) is 2.21. The van der Waals surface area contributed by atoms with Crippen molar-refractivity contribution in [2.24, 2.45) is 0 Å². The van der Waals surface area contributed by atoms with Crippen molar-refractivity contribution in [2.75, 3.05) is 5.73 Å². The molecular weight excluding hydrogens is 220 g/mol. The molecule has 0 unspecified atom stereocenters. The van der Waals surface area contributed by atoms with Gasteiger partial charge in [-0.25, -0.2) is 0 Å². The van der Waals surface area contributed by atoms with Crippen LogP contribution in [0.4, 0.5) is 5.69 Å². The summed E-state index contributed by atoms with van der Waals surface area (Å²) in [6.45, 7) is 8.15. The van der Waals surface area contributed by atoms with Gasteiger partial charge in [0, 0.05) is 16.1 Å². The summed E-state index contributed by atoms with van der Waals surface area (Å²) >= 11 is 1.45. The molecule has 0 fully saturated rings. The molecule has 1 aromatic heterocycles. The van der Waals surface area contributed by atoms with Gasteiger partial charge in [0.1, 0.15) is 0 Å². The zero-order valence-electron chi connectivity index (χ0n) is 10.4. The lowest BCUT2D eigenvalue weighted by Crippen LogP contribution is -2.44. The quantitative estimate of drug-likeness (QED) is 0.850. The predicted molar refractivity (Wildman–Crippen MR) is 69.9 cm³/mol. The lowest BCUT2D eigenvalue weighted by Gasteiger charge is -2.27. The van der Waals surface area contributed by atoms with E-state index in [-0.39, 0.29) is 11.4 Å². The van der Waals surface area contributed by atoms with Crippen LogP contribution < -0.4 is 11.1 Å². The summed E-state index contributed by atoms with van der Waals surface area (Å²) in [6, 6.07) is 1.75. The Morgan fingerprint density at radius 2 is 2.06 bits per heavy atom. The number of anilines is 1. The predicted octanol–water partition coefficient (Wildman–Crippen LogP) is 2.95. The van der Waals surface area contributed by atoms with Gasteiger partial charge >= 0.3 is 0 Å². The maximum absolute atomic E-state index is 12.0. The molecule has 0 aliphatic rings. The number of hydrogen-bond donors (Lipinski definition) is 2. The molecule has 1 amide bonds. The van der Waals surface area contributed by atoms with Crippen LogP contribution in [-0.4, -0.2) is 11.4 Å². The fourth-order valence-electron chi connectivity index (χ4n) is 1.37. The van der Waals surface area contributed by atoms with Gasteiger partial charge in [-0.3, -0.25) is 4.79 Å². The summed E-state index contributed by atoms with van der Waals surface area (Å²) in [4.78, 5) is 13.7. The Labute approximate surface area is 101 Å². The van der Waals surface area contributed by atoms with Crippen molar-refractivity contribution in [3.05, 3.63) is 15.8 Å². The van der Waals surface area contributed by atoms with E-state index in [1.165, 1.54) is 11.3 Å². The molecule has 0 radical (unpaired) electrons. The summed E-state index contributed by atoms with van der Waals surface area (Å²) in [5.74, 6) is -0.0176. The molecule has 1 rings (SSSR count). The third-order valence-corrected chi connectivity index (χ3v) is 4.22. The van der Waals surface area contributed by atoms with Crippen LogP contribution in [0.5, 0.6) is 0 Å². The van der Waals surface area contributed by atoms with Gasteiger partial charge in [0.15, 0.2) is 0 Å². The average molecular weight is 240 g/mol. The largest absolute Gasteiger partial charge is 0.398 e. The molecule has 0 aliphatic heterocycles. The lowest BCUT2D eigenvalue weighted by atomic mass is 9.95. The van der Waals surface area contributed by atoms with E-state index in [1.807, 2.05) is 6.92 Å². The molecule has 0 atom stereocenters. The van der Waals surface area contributed by atoms with Gasteiger partial charge < -0.3 is 11.1 Å². The molecule has 0 saturated heterocycles.